The molecule has 1 aliphatic heterocycles. The van der Waals surface area contributed by atoms with Crippen LogP contribution in [0.4, 0.5) is 18.9 Å². The van der Waals surface area contributed by atoms with Gasteiger partial charge in [-0.1, -0.05) is 41.4 Å². The summed E-state index contributed by atoms with van der Waals surface area (Å²) in [5.74, 6) is -2.36. The van der Waals surface area contributed by atoms with Gasteiger partial charge in [-0.25, -0.2) is 0 Å². The number of ether oxygens (including phenoxy) is 1. The van der Waals surface area contributed by atoms with E-state index in [1.807, 2.05) is 13.0 Å². The Morgan fingerprint density at radius 1 is 1.00 bits per heavy atom. The number of halogens is 4. The fourth-order valence-electron chi connectivity index (χ4n) is 4.32. The van der Waals surface area contributed by atoms with Crippen LogP contribution in [0.1, 0.15) is 33.9 Å². The first-order valence-electron chi connectivity index (χ1n) is 10.8. The molecule has 1 atom stereocenters. The van der Waals surface area contributed by atoms with Crippen molar-refractivity contribution in [2.24, 2.45) is 0 Å². The van der Waals surface area contributed by atoms with Crippen molar-refractivity contribution in [3.05, 3.63) is 99.1 Å². The summed E-state index contributed by atoms with van der Waals surface area (Å²) >= 11 is 6.29. The van der Waals surface area contributed by atoms with Crippen molar-refractivity contribution in [1.82, 2.24) is 0 Å². The predicted octanol–water partition coefficient (Wildman–Crippen LogP) is 6.61. The molecule has 0 aliphatic carbocycles. The molecule has 0 aromatic heterocycles. The zero-order valence-corrected chi connectivity index (χ0v) is 20.2. The Morgan fingerprint density at radius 2 is 1.67 bits per heavy atom. The first-order chi connectivity index (χ1) is 16.9. The van der Waals surface area contributed by atoms with E-state index in [0.29, 0.717) is 11.1 Å². The minimum Gasteiger partial charge on any atom is -0.507 e. The second kappa shape index (κ2) is 9.35. The molecular formula is C27H21ClF3NO4. The first-order valence-corrected chi connectivity index (χ1v) is 11.2. The van der Waals surface area contributed by atoms with Crippen LogP contribution in [0.25, 0.3) is 5.76 Å². The van der Waals surface area contributed by atoms with E-state index in [1.54, 1.807) is 37.3 Å². The molecule has 0 bridgehead atoms. The molecule has 1 saturated heterocycles. The summed E-state index contributed by atoms with van der Waals surface area (Å²) in [7, 11) is 1.35. The number of carbonyl (C=O) groups excluding carboxylic acids is 2. The van der Waals surface area contributed by atoms with E-state index in [-0.39, 0.29) is 27.6 Å². The minimum atomic E-state index is -4.57. The number of carbonyl (C=O) groups is 2. The summed E-state index contributed by atoms with van der Waals surface area (Å²) in [6.07, 6.45) is -4.57. The smallest absolute Gasteiger partial charge is 0.416 e. The SMILES string of the molecule is COc1c(Cl)cc(C)cc1/C(O)=C1\C(=O)C(=O)N(c2ccc(C(F)(F)F)cc2)C1c1cccc(C)c1. The number of benzene rings is 3. The largest absolute Gasteiger partial charge is 0.507 e. The highest BCUT2D eigenvalue weighted by atomic mass is 35.5. The molecular weight excluding hydrogens is 495 g/mol. The lowest BCUT2D eigenvalue weighted by molar-refractivity contribution is -0.137. The van der Waals surface area contributed by atoms with Gasteiger partial charge in [0.25, 0.3) is 11.7 Å². The van der Waals surface area contributed by atoms with Crippen molar-refractivity contribution >= 4 is 34.7 Å². The average Bonchev–Trinajstić information content (AvgIpc) is 3.08. The molecule has 0 radical (unpaired) electrons. The van der Waals surface area contributed by atoms with Gasteiger partial charge in [-0.05, 0) is 61.4 Å². The van der Waals surface area contributed by atoms with Gasteiger partial charge >= 0.3 is 6.18 Å². The molecule has 3 aromatic carbocycles. The second-order valence-corrected chi connectivity index (χ2v) is 8.86. The zero-order valence-electron chi connectivity index (χ0n) is 19.5. The third-order valence-electron chi connectivity index (χ3n) is 5.92. The van der Waals surface area contributed by atoms with Crippen LogP contribution in [0.2, 0.25) is 5.02 Å². The summed E-state index contributed by atoms with van der Waals surface area (Å²) in [4.78, 5) is 27.6. The van der Waals surface area contributed by atoms with Gasteiger partial charge in [-0.3, -0.25) is 14.5 Å². The van der Waals surface area contributed by atoms with Crippen LogP contribution < -0.4 is 9.64 Å². The van der Waals surface area contributed by atoms with Crippen LogP contribution in [0.15, 0.2) is 66.2 Å². The van der Waals surface area contributed by atoms with Crippen LogP contribution in [-0.2, 0) is 15.8 Å². The van der Waals surface area contributed by atoms with Gasteiger partial charge in [-0.15, -0.1) is 0 Å². The highest BCUT2D eigenvalue weighted by molar-refractivity contribution is 6.51. The number of ketones is 1. The molecule has 4 rings (SSSR count). The number of alkyl halides is 3. The van der Waals surface area contributed by atoms with Gasteiger partial charge in [0.1, 0.15) is 11.5 Å². The van der Waals surface area contributed by atoms with Crippen molar-refractivity contribution in [1.29, 1.82) is 0 Å². The molecule has 5 nitrogen and oxygen atoms in total. The monoisotopic (exact) mass is 515 g/mol. The van der Waals surface area contributed by atoms with E-state index in [2.05, 4.69) is 0 Å². The van der Waals surface area contributed by atoms with Gasteiger partial charge in [0.2, 0.25) is 0 Å². The summed E-state index contributed by atoms with van der Waals surface area (Å²) in [5, 5.41) is 11.6. The minimum absolute atomic E-state index is 0.0740. The Morgan fingerprint density at radius 3 is 2.25 bits per heavy atom. The molecule has 0 spiro atoms. The van der Waals surface area contributed by atoms with E-state index in [1.165, 1.54) is 7.11 Å². The summed E-state index contributed by atoms with van der Waals surface area (Å²) in [6, 6.07) is 13.0. The van der Waals surface area contributed by atoms with Crippen LogP contribution in [0.5, 0.6) is 5.75 Å². The van der Waals surface area contributed by atoms with Crippen molar-refractivity contribution < 1.29 is 32.6 Å². The number of aliphatic hydroxyl groups is 1. The quantitative estimate of drug-likeness (QED) is 0.241. The Balaban J connectivity index is 1.97. The molecule has 1 amide bonds. The first kappa shape index (κ1) is 25.3. The number of hydrogen-bond acceptors (Lipinski definition) is 4. The standard InChI is InChI=1S/C27H21ClF3NO4/c1-14-5-4-6-16(11-14)22-21(23(33)19-12-15(2)13-20(28)25(19)36-3)24(34)26(35)32(22)18-9-7-17(8-10-18)27(29,30)31/h4-13,22,33H,1-3H3/b23-21+. The number of aliphatic hydroxyl groups excluding tert-OH is 1. The summed E-state index contributed by atoms with van der Waals surface area (Å²) in [5.41, 5.74) is 1.05. The lowest BCUT2D eigenvalue weighted by Gasteiger charge is -2.26. The molecule has 36 heavy (non-hydrogen) atoms. The van der Waals surface area contributed by atoms with Crippen LogP contribution in [0.3, 0.4) is 0 Å². The number of amides is 1. The molecule has 186 valence electrons. The Bertz CT molecular complexity index is 1400. The Kier molecular flexibility index (Phi) is 6.58. The molecule has 1 heterocycles. The normalized spacial score (nSPS) is 17.5. The van der Waals surface area contributed by atoms with E-state index in [4.69, 9.17) is 16.3 Å². The lowest BCUT2D eigenvalue weighted by Crippen LogP contribution is -2.29. The van der Waals surface area contributed by atoms with Crippen molar-refractivity contribution in [3.8, 4) is 5.75 Å². The summed E-state index contributed by atoms with van der Waals surface area (Å²) < 4.78 is 44.7. The Hall–Kier alpha value is -3.78. The average molecular weight is 516 g/mol. The third-order valence-corrected chi connectivity index (χ3v) is 6.20. The number of aryl methyl sites for hydroxylation is 2. The number of Topliss-reactive ketones (excluding diaryl/α,β-unsaturated/α-hetero) is 1. The number of rotatable bonds is 4. The number of hydrogen-bond donors (Lipinski definition) is 1. The highest BCUT2D eigenvalue weighted by Gasteiger charge is 2.47. The van der Waals surface area contributed by atoms with Crippen LogP contribution >= 0.6 is 11.6 Å². The van der Waals surface area contributed by atoms with E-state index in [9.17, 15) is 27.9 Å². The van der Waals surface area contributed by atoms with Gasteiger partial charge in [0.05, 0.1) is 34.9 Å². The van der Waals surface area contributed by atoms with Crippen LogP contribution in [-0.4, -0.2) is 23.9 Å². The lowest BCUT2D eigenvalue weighted by atomic mass is 9.93. The van der Waals surface area contributed by atoms with Gasteiger partial charge in [0, 0.05) is 5.69 Å². The maximum Gasteiger partial charge on any atom is 0.416 e. The van der Waals surface area contributed by atoms with Gasteiger partial charge in [-0.2, -0.15) is 13.2 Å². The maximum absolute atomic E-state index is 13.3. The molecule has 1 fully saturated rings. The fraction of sp³-hybridized carbons (Fsp3) is 0.185. The molecule has 1 unspecified atom stereocenters. The number of anilines is 1. The number of methoxy groups -OCH3 is 1. The summed E-state index contributed by atoms with van der Waals surface area (Å²) in [6.45, 7) is 3.55. The van der Waals surface area contributed by atoms with Crippen molar-refractivity contribution in [2.45, 2.75) is 26.1 Å². The zero-order chi connectivity index (χ0) is 26.4. The van der Waals surface area contributed by atoms with E-state index in [0.717, 1.165) is 34.7 Å². The van der Waals surface area contributed by atoms with Crippen molar-refractivity contribution in [3.63, 3.8) is 0 Å². The molecule has 0 saturated carbocycles. The predicted molar refractivity (Wildman–Crippen MR) is 130 cm³/mol. The topological polar surface area (TPSA) is 66.8 Å². The van der Waals surface area contributed by atoms with E-state index >= 15 is 0 Å². The highest BCUT2D eigenvalue weighted by Crippen LogP contribution is 2.45. The van der Waals surface area contributed by atoms with Crippen LogP contribution in [0, 0.1) is 13.8 Å². The van der Waals surface area contributed by atoms with E-state index < -0.39 is 35.2 Å². The van der Waals surface area contributed by atoms with Gasteiger partial charge in [0.15, 0.2) is 0 Å². The molecule has 1 aliphatic rings. The molecule has 1 N–H and O–H groups in total. The van der Waals surface area contributed by atoms with Crippen molar-refractivity contribution in [2.75, 3.05) is 12.0 Å². The maximum atomic E-state index is 13.3. The third kappa shape index (κ3) is 4.44. The number of nitrogens with zero attached hydrogens (tertiary/aromatic N) is 1. The molecule has 3 aromatic rings. The fourth-order valence-corrected chi connectivity index (χ4v) is 4.67. The molecule has 9 heteroatoms. The second-order valence-electron chi connectivity index (χ2n) is 8.46. The van der Waals surface area contributed by atoms with Gasteiger partial charge < -0.3 is 9.84 Å². The Labute approximate surface area is 210 Å².